The van der Waals surface area contributed by atoms with Crippen LogP contribution in [0.15, 0.2) is 0 Å². The second-order valence-corrected chi connectivity index (χ2v) is 3.77. The zero-order valence-corrected chi connectivity index (χ0v) is 8.29. The Morgan fingerprint density at radius 1 is 0.600 bits per heavy atom. The molecule has 0 amide bonds. The van der Waals surface area contributed by atoms with E-state index in [1.165, 1.54) is 0 Å². The summed E-state index contributed by atoms with van der Waals surface area (Å²) >= 11 is 0. The van der Waals surface area contributed by atoms with Crippen LogP contribution in [0.4, 0.5) is 0 Å². The lowest BCUT2D eigenvalue weighted by Crippen LogP contribution is -2.57. The van der Waals surface area contributed by atoms with Crippen LogP contribution in [0.2, 0.25) is 0 Å². The van der Waals surface area contributed by atoms with E-state index in [2.05, 4.69) is 0 Å². The molecule has 15 heavy (non-hydrogen) atoms. The van der Waals surface area contributed by atoms with Crippen molar-refractivity contribution in [1.29, 1.82) is 0 Å². The third-order valence-electron chi connectivity index (χ3n) is 2.87. The van der Waals surface area contributed by atoms with Gasteiger partial charge in [0, 0.05) is 0 Å². The first-order chi connectivity index (χ1) is 7.45. The molecule has 0 saturated carbocycles. The Labute approximate surface area is 87.3 Å². The van der Waals surface area contributed by atoms with Crippen LogP contribution in [0, 0.1) is 0 Å². The maximum atomic E-state index is 5.52. The van der Waals surface area contributed by atoms with Gasteiger partial charge in [0.2, 0.25) is 0 Å². The molecular formula is C9H14O6. The van der Waals surface area contributed by atoms with E-state index in [1.807, 2.05) is 0 Å². The zero-order chi connectivity index (χ0) is 10.1. The fraction of sp³-hybridized carbons (Fsp3) is 1.00. The molecule has 3 fully saturated rings. The van der Waals surface area contributed by atoms with Crippen LogP contribution < -0.4 is 0 Å². The monoisotopic (exact) mass is 218 g/mol. The van der Waals surface area contributed by atoms with Crippen molar-refractivity contribution in [1.82, 2.24) is 0 Å². The van der Waals surface area contributed by atoms with Crippen LogP contribution >= 0.6 is 0 Å². The maximum absolute atomic E-state index is 5.52. The molecule has 0 aromatic heterocycles. The molecule has 0 aliphatic carbocycles. The highest BCUT2D eigenvalue weighted by Crippen LogP contribution is 2.26. The molecule has 0 bridgehead atoms. The van der Waals surface area contributed by atoms with Crippen molar-refractivity contribution in [3.05, 3.63) is 0 Å². The highest BCUT2D eigenvalue weighted by atomic mass is 16.8. The first-order valence-electron chi connectivity index (χ1n) is 5.07. The quantitative estimate of drug-likeness (QED) is 0.590. The van der Waals surface area contributed by atoms with Crippen molar-refractivity contribution in [3.63, 3.8) is 0 Å². The summed E-state index contributed by atoms with van der Waals surface area (Å²) in [4.78, 5) is 0. The van der Waals surface area contributed by atoms with E-state index in [1.54, 1.807) is 0 Å². The number of hydrogen-bond acceptors (Lipinski definition) is 6. The summed E-state index contributed by atoms with van der Waals surface area (Å²) in [6, 6.07) is 0. The Bertz CT molecular complexity index is 215. The van der Waals surface area contributed by atoms with Gasteiger partial charge in [-0.1, -0.05) is 0 Å². The van der Waals surface area contributed by atoms with Gasteiger partial charge in [0.1, 0.15) is 44.8 Å². The minimum atomic E-state index is -0.116. The van der Waals surface area contributed by atoms with Gasteiger partial charge in [0.05, 0.1) is 13.2 Å². The lowest BCUT2D eigenvalue weighted by molar-refractivity contribution is -0.312. The first-order valence-corrected chi connectivity index (χ1v) is 5.07. The van der Waals surface area contributed by atoms with Gasteiger partial charge < -0.3 is 28.4 Å². The molecule has 3 aliphatic heterocycles. The smallest absolute Gasteiger partial charge is 0.147 e. The minimum absolute atomic E-state index is 0.0540. The van der Waals surface area contributed by atoms with E-state index >= 15 is 0 Å². The van der Waals surface area contributed by atoms with E-state index < -0.39 is 0 Å². The van der Waals surface area contributed by atoms with Crippen molar-refractivity contribution in [3.8, 4) is 0 Å². The van der Waals surface area contributed by atoms with E-state index in [-0.39, 0.29) is 38.0 Å². The van der Waals surface area contributed by atoms with Gasteiger partial charge in [-0.3, -0.25) is 0 Å². The summed E-state index contributed by atoms with van der Waals surface area (Å²) in [5, 5.41) is 0. The van der Waals surface area contributed by atoms with Crippen molar-refractivity contribution in [2.24, 2.45) is 0 Å². The standard InChI is InChI=1S/C9H14O6/c1-6(12-3-10-1)9-8-7(13-5-15-9)2-11-4-14-8/h6-9H,1-5H2/t6-,7+,8-,9-/m0/s1. The summed E-state index contributed by atoms with van der Waals surface area (Å²) in [6.07, 6.45) is -0.337. The second kappa shape index (κ2) is 4.32. The third kappa shape index (κ3) is 1.89. The maximum Gasteiger partial charge on any atom is 0.147 e. The normalized spacial score (nSPS) is 46.4. The van der Waals surface area contributed by atoms with Gasteiger partial charge in [-0.05, 0) is 0 Å². The van der Waals surface area contributed by atoms with Crippen molar-refractivity contribution >= 4 is 0 Å². The fourth-order valence-corrected chi connectivity index (χ4v) is 2.10. The fourth-order valence-electron chi connectivity index (χ4n) is 2.10. The topological polar surface area (TPSA) is 55.4 Å². The van der Waals surface area contributed by atoms with E-state index in [0.29, 0.717) is 20.0 Å². The van der Waals surface area contributed by atoms with E-state index in [0.717, 1.165) is 0 Å². The number of hydrogen-bond donors (Lipinski definition) is 0. The summed E-state index contributed by atoms with van der Waals surface area (Å²) < 4.78 is 32.2. The van der Waals surface area contributed by atoms with Gasteiger partial charge in [0.15, 0.2) is 0 Å². The highest BCUT2D eigenvalue weighted by Gasteiger charge is 2.44. The summed E-state index contributed by atoms with van der Waals surface area (Å²) in [5.41, 5.74) is 0. The average molecular weight is 218 g/mol. The summed E-state index contributed by atoms with van der Waals surface area (Å²) in [5.74, 6) is 0. The minimum Gasteiger partial charge on any atom is -0.353 e. The Balaban J connectivity index is 1.69. The van der Waals surface area contributed by atoms with Crippen LogP contribution in [0.5, 0.6) is 0 Å². The van der Waals surface area contributed by atoms with Crippen LogP contribution in [0.25, 0.3) is 0 Å². The SMILES string of the molecule is C1OC[C@H]2OCO[C@@H]([C@@H]3COCO3)[C@H]2O1. The summed E-state index contributed by atoms with van der Waals surface area (Å²) in [7, 11) is 0. The molecule has 0 aromatic rings. The highest BCUT2D eigenvalue weighted by molar-refractivity contribution is 4.89. The molecule has 6 nitrogen and oxygen atoms in total. The third-order valence-corrected chi connectivity index (χ3v) is 2.87. The molecular weight excluding hydrogens is 204 g/mol. The number of fused-ring (bicyclic) bond motifs is 1. The van der Waals surface area contributed by atoms with Crippen LogP contribution in [0.3, 0.4) is 0 Å². The molecule has 0 aromatic carbocycles. The first kappa shape index (κ1) is 9.95. The predicted octanol–water partition coefficient (Wildman–Crippen LogP) is -0.526. The number of ether oxygens (including phenoxy) is 6. The molecule has 0 spiro atoms. The second-order valence-electron chi connectivity index (χ2n) is 3.77. The summed E-state index contributed by atoms with van der Waals surface area (Å²) in [6.45, 7) is 1.99. The Hall–Kier alpha value is -0.240. The molecule has 0 N–H and O–H groups in total. The molecule has 3 rings (SSSR count). The van der Waals surface area contributed by atoms with Crippen LogP contribution in [0.1, 0.15) is 0 Å². The molecule has 3 aliphatic rings. The molecule has 6 heteroatoms. The van der Waals surface area contributed by atoms with Crippen LogP contribution in [-0.2, 0) is 28.4 Å². The Morgan fingerprint density at radius 3 is 1.73 bits per heavy atom. The van der Waals surface area contributed by atoms with Gasteiger partial charge >= 0.3 is 0 Å². The lowest BCUT2D eigenvalue weighted by atomic mass is 10.0. The van der Waals surface area contributed by atoms with E-state index in [9.17, 15) is 0 Å². The molecule has 86 valence electrons. The molecule has 3 heterocycles. The Morgan fingerprint density at radius 2 is 1.13 bits per heavy atom. The molecule has 3 saturated heterocycles. The van der Waals surface area contributed by atoms with Gasteiger partial charge in [0.25, 0.3) is 0 Å². The number of rotatable bonds is 1. The Kier molecular flexibility index (Phi) is 2.87. The zero-order valence-electron chi connectivity index (χ0n) is 8.29. The molecule has 4 atom stereocenters. The molecule has 0 radical (unpaired) electrons. The van der Waals surface area contributed by atoms with Gasteiger partial charge in [-0.2, -0.15) is 0 Å². The average Bonchev–Trinajstić information content (AvgIpc) is 2.82. The predicted molar refractivity (Wildman–Crippen MR) is 46.0 cm³/mol. The van der Waals surface area contributed by atoms with E-state index in [4.69, 9.17) is 28.4 Å². The lowest BCUT2D eigenvalue weighted by Gasteiger charge is -2.41. The van der Waals surface area contributed by atoms with Crippen molar-refractivity contribution in [2.45, 2.75) is 24.4 Å². The van der Waals surface area contributed by atoms with Crippen molar-refractivity contribution < 1.29 is 28.4 Å². The largest absolute Gasteiger partial charge is 0.353 e. The van der Waals surface area contributed by atoms with Crippen LogP contribution in [-0.4, -0.2) is 58.0 Å². The van der Waals surface area contributed by atoms with Crippen molar-refractivity contribution in [2.75, 3.05) is 33.6 Å². The van der Waals surface area contributed by atoms with Gasteiger partial charge in [-0.15, -0.1) is 0 Å². The molecule has 0 unspecified atom stereocenters. The van der Waals surface area contributed by atoms with Gasteiger partial charge in [-0.25, -0.2) is 0 Å².